The van der Waals surface area contributed by atoms with E-state index in [2.05, 4.69) is 0 Å². The molecule has 0 unspecified atom stereocenters. The van der Waals surface area contributed by atoms with Gasteiger partial charge in [0.2, 0.25) is 0 Å². The van der Waals surface area contributed by atoms with Crippen LogP contribution in [0, 0.1) is 0 Å². The topological polar surface area (TPSA) is 78.8 Å². The summed E-state index contributed by atoms with van der Waals surface area (Å²) in [6.45, 7) is 0.353. The Hall–Kier alpha value is -1.63. The van der Waals surface area contributed by atoms with Gasteiger partial charge >= 0.3 is 5.76 Å². The van der Waals surface area contributed by atoms with Crippen molar-refractivity contribution >= 4 is 11.1 Å². The number of aliphatic hydroxyl groups is 2. The Balaban J connectivity index is 2.24. The van der Waals surface area contributed by atoms with Gasteiger partial charge in [0.1, 0.15) is 0 Å². The van der Waals surface area contributed by atoms with Crippen molar-refractivity contribution in [2.24, 2.45) is 7.05 Å². The van der Waals surface area contributed by atoms with E-state index in [9.17, 15) is 4.79 Å². The molecule has 6 heteroatoms. The molecule has 0 amide bonds. The van der Waals surface area contributed by atoms with E-state index < -0.39 is 0 Å². The molecule has 0 saturated heterocycles. The summed E-state index contributed by atoms with van der Waals surface area (Å²) in [5, 5.41) is 18.2. The van der Waals surface area contributed by atoms with Crippen LogP contribution in [-0.4, -0.2) is 46.0 Å². The number of hydrogen-bond acceptors (Lipinski definition) is 5. The van der Waals surface area contributed by atoms with Gasteiger partial charge in [-0.05, 0) is 24.7 Å². The van der Waals surface area contributed by atoms with Crippen molar-refractivity contribution in [1.29, 1.82) is 0 Å². The third-order valence-electron chi connectivity index (χ3n) is 3.33. The maximum Gasteiger partial charge on any atom is 0.419 e. The quantitative estimate of drug-likeness (QED) is 0.791. The zero-order valence-electron chi connectivity index (χ0n) is 11.0. The SMILES string of the molecule is CN(Cc1ccc2c(c1)oc(=O)n2C)C(CO)CO. The van der Waals surface area contributed by atoms with Crippen molar-refractivity contribution < 1.29 is 14.6 Å². The van der Waals surface area contributed by atoms with E-state index in [0.29, 0.717) is 12.1 Å². The van der Waals surface area contributed by atoms with Gasteiger partial charge in [-0.1, -0.05) is 6.07 Å². The van der Waals surface area contributed by atoms with E-state index in [1.165, 1.54) is 4.57 Å². The first kappa shape index (κ1) is 13.8. The molecule has 0 aliphatic heterocycles. The smallest absolute Gasteiger partial charge is 0.408 e. The van der Waals surface area contributed by atoms with Crippen molar-refractivity contribution in [3.05, 3.63) is 34.3 Å². The molecule has 0 spiro atoms. The number of fused-ring (bicyclic) bond motifs is 1. The highest BCUT2D eigenvalue weighted by molar-refractivity contribution is 5.73. The van der Waals surface area contributed by atoms with Gasteiger partial charge in [0.15, 0.2) is 5.58 Å². The van der Waals surface area contributed by atoms with E-state index in [0.717, 1.165) is 11.1 Å². The largest absolute Gasteiger partial charge is 0.419 e. The molecular weight excluding hydrogens is 248 g/mol. The number of aryl methyl sites for hydroxylation is 1. The monoisotopic (exact) mass is 266 g/mol. The zero-order chi connectivity index (χ0) is 14.0. The van der Waals surface area contributed by atoms with Crippen LogP contribution < -0.4 is 5.76 Å². The molecule has 0 saturated carbocycles. The van der Waals surface area contributed by atoms with Crippen LogP contribution >= 0.6 is 0 Å². The van der Waals surface area contributed by atoms with Crippen LogP contribution in [-0.2, 0) is 13.6 Å². The number of oxazole rings is 1. The summed E-state index contributed by atoms with van der Waals surface area (Å²) in [6, 6.07) is 5.24. The minimum atomic E-state index is -0.385. The maximum atomic E-state index is 11.4. The first-order chi connectivity index (χ1) is 9.06. The second-order valence-corrected chi connectivity index (χ2v) is 4.66. The molecule has 0 aliphatic carbocycles. The minimum absolute atomic E-state index is 0.102. The molecule has 1 heterocycles. The fourth-order valence-electron chi connectivity index (χ4n) is 2.03. The van der Waals surface area contributed by atoms with Gasteiger partial charge in [0.25, 0.3) is 0 Å². The standard InChI is InChI=1S/C13H18N2O4/c1-14(10(7-16)8-17)6-9-3-4-11-12(5-9)19-13(18)15(11)2/h3-5,10,16-17H,6-8H2,1-2H3. The Kier molecular flexibility index (Phi) is 4.04. The van der Waals surface area contributed by atoms with Gasteiger partial charge in [-0.15, -0.1) is 0 Å². The number of rotatable bonds is 5. The highest BCUT2D eigenvalue weighted by atomic mass is 16.4. The minimum Gasteiger partial charge on any atom is -0.408 e. The van der Waals surface area contributed by atoms with Crippen LogP contribution in [0.25, 0.3) is 11.1 Å². The molecule has 2 aromatic rings. The summed E-state index contributed by atoms with van der Waals surface area (Å²) in [5.41, 5.74) is 2.25. The van der Waals surface area contributed by atoms with E-state index in [1.54, 1.807) is 13.1 Å². The fraction of sp³-hybridized carbons (Fsp3) is 0.462. The van der Waals surface area contributed by atoms with Crippen LogP contribution in [0.2, 0.25) is 0 Å². The Morgan fingerprint density at radius 1 is 1.37 bits per heavy atom. The number of benzene rings is 1. The number of hydrogen-bond donors (Lipinski definition) is 2. The highest BCUT2D eigenvalue weighted by Gasteiger charge is 2.13. The van der Waals surface area contributed by atoms with Crippen LogP contribution in [0.5, 0.6) is 0 Å². The molecule has 19 heavy (non-hydrogen) atoms. The Labute approximate surface area is 110 Å². The third-order valence-corrected chi connectivity index (χ3v) is 3.33. The molecular formula is C13H18N2O4. The zero-order valence-corrected chi connectivity index (χ0v) is 11.0. The molecule has 0 aliphatic rings. The number of aliphatic hydroxyl groups excluding tert-OH is 2. The molecule has 1 aromatic carbocycles. The Morgan fingerprint density at radius 3 is 2.68 bits per heavy atom. The molecule has 1 aromatic heterocycles. The predicted molar refractivity (Wildman–Crippen MR) is 70.9 cm³/mol. The molecule has 0 fully saturated rings. The van der Waals surface area contributed by atoms with Gasteiger partial charge < -0.3 is 14.6 Å². The summed E-state index contributed by atoms with van der Waals surface area (Å²) < 4.78 is 6.58. The average molecular weight is 266 g/mol. The lowest BCUT2D eigenvalue weighted by Gasteiger charge is -2.24. The molecule has 2 rings (SSSR count). The van der Waals surface area contributed by atoms with Crippen molar-refractivity contribution in [3.8, 4) is 0 Å². The number of nitrogens with zero attached hydrogens (tertiary/aromatic N) is 2. The lowest BCUT2D eigenvalue weighted by atomic mass is 10.1. The third kappa shape index (κ3) is 2.70. The van der Waals surface area contributed by atoms with Crippen LogP contribution in [0.4, 0.5) is 0 Å². The highest BCUT2D eigenvalue weighted by Crippen LogP contribution is 2.16. The van der Waals surface area contributed by atoms with Crippen LogP contribution in [0.3, 0.4) is 0 Å². The Morgan fingerprint density at radius 2 is 2.05 bits per heavy atom. The van der Waals surface area contributed by atoms with Gasteiger partial charge in [-0.3, -0.25) is 9.47 Å². The molecule has 2 N–H and O–H groups in total. The molecule has 6 nitrogen and oxygen atoms in total. The van der Waals surface area contributed by atoms with E-state index in [-0.39, 0.29) is 25.0 Å². The van der Waals surface area contributed by atoms with E-state index in [4.69, 9.17) is 14.6 Å². The molecule has 0 atom stereocenters. The molecule has 0 bridgehead atoms. The normalized spacial score (nSPS) is 11.9. The predicted octanol–water partition coefficient (Wildman–Crippen LogP) is -0.0835. The first-order valence-corrected chi connectivity index (χ1v) is 6.07. The second kappa shape index (κ2) is 5.56. The second-order valence-electron chi connectivity index (χ2n) is 4.66. The first-order valence-electron chi connectivity index (χ1n) is 6.07. The van der Waals surface area contributed by atoms with Crippen LogP contribution in [0.15, 0.2) is 27.4 Å². The maximum absolute atomic E-state index is 11.4. The van der Waals surface area contributed by atoms with Crippen LogP contribution in [0.1, 0.15) is 5.56 Å². The Bertz CT molecular complexity index is 613. The molecule has 104 valence electrons. The fourth-order valence-corrected chi connectivity index (χ4v) is 2.03. The summed E-state index contributed by atoms with van der Waals surface area (Å²) in [6.07, 6.45) is 0. The van der Waals surface area contributed by atoms with Crippen molar-refractivity contribution in [1.82, 2.24) is 9.47 Å². The van der Waals surface area contributed by atoms with Gasteiger partial charge in [0, 0.05) is 13.6 Å². The lowest BCUT2D eigenvalue weighted by Crippen LogP contribution is -2.37. The number of likely N-dealkylation sites (N-methyl/N-ethyl adjacent to an activating group) is 1. The summed E-state index contributed by atoms with van der Waals surface area (Å²) in [5.74, 6) is -0.385. The summed E-state index contributed by atoms with van der Waals surface area (Å²) >= 11 is 0. The number of aromatic nitrogens is 1. The molecule has 0 radical (unpaired) electrons. The van der Waals surface area contributed by atoms with E-state index in [1.807, 2.05) is 24.1 Å². The van der Waals surface area contributed by atoms with Crippen molar-refractivity contribution in [2.45, 2.75) is 12.6 Å². The van der Waals surface area contributed by atoms with Crippen molar-refractivity contribution in [2.75, 3.05) is 20.3 Å². The lowest BCUT2D eigenvalue weighted by molar-refractivity contribution is 0.0874. The van der Waals surface area contributed by atoms with Gasteiger partial charge in [-0.2, -0.15) is 0 Å². The van der Waals surface area contributed by atoms with Crippen molar-refractivity contribution in [3.63, 3.8) is 0 Å². The average Bonchev–Trinajstić information content (AvgIpc) is 2.66. The summed E-state index contributed by atoms with van der Waals surface area (Å²) in [7, 11) is 3.48. The van der Waals surface area contributed by atoms with Gasteiger partial charge in [0.05, 0.1) is 24.8 Å². The van der Waals surface area contributed by atoms with Gasteiger partial charge in [-0.25, -0.2) is 4.79 Å². The summed E-state index contributed by atoms with van der Waals surface area (Å²) in [4.78, 5) is 13.2. The van der Waals surface area contributed by atoms with E-state index >= 15 is 0 Å².